The molecule has 3 rings (SSSR count). The van der Waals surface area contributed by atoms with Gasteiger partial charge in [-0.05, 0) is 55.9 Å². The van der Waals surface area contributed by atoms with Gasteiger partial charge in [0.25, 0.3) is 0 Å². The molecule has 2 fully saturated rings. The summed E-state index contributed by atoms with van der Waals surface area (Å²) in [6, 6.07) is 5.40. The van der Waals surface area contributed by atoms with Crippen LogP contribution in [0.15, 0.2) is 18.2 Å². The second-order valence-corrected chi connectivity index (χ2v) is 7.54. The number of hydrogen-bond acceptors (Lipinski definition) is 3. The van der Waals surface area contributed by atoms with E-state index in [9.17, 15) is 14.7 Å². The smallest absolute Gasteiger partial charge is 0.321 e. The van der Waals surface area contributed by atoms with Gasteiger partial charge in [0.05, 0.1) is 12.0 Å². The molecule has 0 bridgehead atoms. The number of unbranched alkanes of at least 4 members (excludes halogenated alkanes) is 1. The van der Waals surface area contributed by atoms with E-state index in [1.165, 1.54) is 0 Å². The minimum atomic E-state index is -0.764. The number of urea groups is 1. The van der Waals surface area contributed by atoms with Gasteiger partial charge in [-0.3, -0.25) is 4.79 Å². The Morgan fingerprint density at radius 1 is 1.42 bits per heavy atom. The molecule has 0 spiro atoms. The zero-order valence-electron chi connectivity index (χ0n) is 15.6. The normalized spacial score (nSPS) is 24.4. The predicted octanol–water partition coefficient (Wildman–Crippen LogP) is 3.89. The van der Waals surface area contributed by atoms with E-state index in [0.29, 0.717) is 26.1 Å². The number of carboxylic acids is 1. The molecule has 2 N–H and O–H groups in total. The van der Waals surface area contributed by atoms with E-state index in [-0.39, 0.29) is 11.9 Å². The van der Waals surface area contributed by atoms with Gasteiger partial charge < -0.3 is 20.1 Å². The van der Waals surface area contributed by atoms with Crippen LogP contribution < -0.4 is 10.1 Å². The highest BCUT2D eigenvalue weighted by Gasteiger charge is 2.55. The van der Waals surface area contributed by atoms with E-state index in [4.69, 9.17) is 4.74 Å². The maximum Gasteiger partial charge on any atom is 0.321 e. The number of carboxylic acid groups (broad SMARTS) is 1. The average molecular weight is 360 g/mol. The van der Waals surface area contributed by atoms with Crippen LogP contribution in [0.4, 0.5) is 10.5 Å². The summed E-state index contributed by atoms with van der Waals surface area (Å²) in [5, 5.41) is 12.6. The second-order valence-electron chi connectivity index (χ2n) is 7.54. The molecule has 1 aromatic rings. The Morgan fingerprint density at radius 2 is 2.23 bits per heavy atom. The van der Waals surface area contributed by atoms with Crippen molar-refractivity contribution in [2.24, 2.45) is 11.3 Å². The van der Waals surface area contributed by atoms with Gasteiger partial charge in [-0.2, -0.15) is 0 Å². The number of likely N-dealkylation sites (tertiary alicyclic amines) is 1. The Balaban J connectivity index is 1.63. The minimum Gasteiger partial charge on any atom is -0.494 e. The number of nitrogens with one attached hydrogen (secondary N) is 1. The van der Waals surface area contributed by atoms with Gasteiger partial charge in [-0.25, -0.2) is 4.79 Å². The van der Waals surface area contributed by atoms with Crippen molar-refractivity contribution in [3.8, 4) is 5.75 Å². The van der Waals surface area contributed by atoms with Crippen molar-refractivity contribution in [3.05, 3.63) is 23.8 Å². The number of aryl methyl sites for hydroxylation is 1. The minimum absolute atomic E-state index is 0.0705. The van der Waals surface area contributed by atoms with Crippen LogP contribution in [0.1, 0.15) is 44.6 Å². The Hall–Kier alpha value is -2.24. The van der Waals surface area contributed by atoms with Gasteiger partial charge in [0.1, 0.15) is 5.75 Å². The summed E-state index contributed by atoms with van der Waals surface area (Å²) < 4.78 is 5.69. The van der Waals surface area contributed by atoms with E-state index < -0.39 is 11.4 Å². The number of benzene rings is 1. The number of anilines is 1. The van der Waals surface area contributed by atoms with E-state index in [1.54, 1.807) is 4.90 Å². The third kappa shape index (κ3) is 3.50. The zero-order valence-corrected chi connectivity index (χ0v) is 15.6. The summed E-state index contributed by atoms with van der Waals surface area (Å²) in [6.45, 7) is 5.56. The molecule has 0 unspecified atom stereocenters. The predicted molar refractivity (Wildman–Crippen MR) is 99.6 cm³/mol. The fourth-order valence-corrected chi connectivity index (χ4v) is 4.19. The highest BCUT2D eigenvalue weighted by atomic mass is 16.5. The Kier molecular flexibility index (Phi) is 5.39. The third-order valence-electron chi connectivity index (χ3n) is 5.79. The van der Waals surface area contributed by atoms with E-state index in [2.05, 4.69) is 12.2 Å². The zero-order chi connectivity index (χ0) is 18.7. The monoisotopic (exact) mass is 360 g/mol. The molecule has 1 saturated carbocycles. The number of rotatable bonds is 6. The first-order valence-electron chi connectivity index (χ1n) is 9.49. The first-order chi connectivity index (χ1) is 12.5. The molecule has 142 valence electrons. The van der Waals surface area contributed by atoms with Crippen LogP contribution in [0, 0.1) is 18.3 Å². The summed E-state index contributed by atoms with van der Waals surface area (Å²) in [5.41, 5.74) is 0.919. The molecule has 2 amide bonds. The summed E-state index contributed by atoms with van der Waals surface area (Å²) >= 11 is 0. The number of amides is 2. The second kappa shape index (κ2) is 7.56. The Labute approximate surface area is 154 Å². The maximum absolute atomic E-state index is 12.6. The van der Waals surface area contributed by atoms with Gasteiger partial charge in [-0.1, -0.05) is 19.8 Å². The molecule has 1 aliphatic carbocycles. The van der Waals surface area contributed by atoms with Gasteiger partial charge in [-0.15, -0.1) is 0 Å². The molecule has 6 nitrogen and oxygen atoms in total. The van der Waals surface area contributed by atoms with Crippen molar-refractivity contribution in [2.75, 3.05) is 25.0 Å². The SMILES string of the molecule is CCCCOc1ccc(NC(=O)N2C[C@@H]3CCC[C@@]3(C(=O)O)C2)c(C)c1. The van der Waals surface area contributed by atoms with E-state index >= 15 is 0 Å². The molecule has 1 aliphatic heterocycles. The van der Waals surface area contributed by atoms with Crippen LogP contribution in [0.2, 0.25) is 0 Å². The van der Waals surface area contributed by atoms with Crippen molar-refractivity contribution in [1.29, 1.82) is 0 Å². The molecule has 26 heavy (non-hydrogen) atoms. The van der Waals surface area contributed by atoms with Crippen LogP contribution in [0.25, 0.3) is 0 Å². The molecule has 0 radical (unpaired) electrons. The molecule has 1 aromatic carbocycles. The third-order valence-corrected chi connectivity index (χ3v) is 5.79. The fourth-order valence-electron chi connectivity index (χ4n) is 4.19. The van der Waals surface area contributed by atoms with Crippen LogP contribution >= 0.6 is 0 Å². The Morgan fingerprint density at radius 3 is 2.88 bits per heavy atom. The van der Waals surface area contributed by atoms with Crippen LogP contribution in [-0.2, 0) is 4.79 Å². The van der Waals surface area contributed by atoms with Crippen LogP contribution in [0.3, 0.4) is 0 Å². The van der Waals surface area contributed by atoms with Crippen molar-refractivity contribution in [2.45, 2.75) is 46.0 Å². The summed E-state index contributed by atoms with van der Waals surface area (Å²) in [5.74, 6) is 0.107. The number of ether oxygens (including phenoxy) is 1. The van der Waals surface area contributed by atoms with Crippen LogP contribution in [-0.4, -0.2) is 41.7 Å². The molecule has 1 heterocycles. The molecule has 6 heteroatoms. The number of aliphatic carboxylic acids is 1. The van der Waals surface area contributed by atoms with Crippen LogP contribution in [0.5, 0.6) is 5.75 Å². The van der Waals surface area contributed by atoms with Crippen molar-refractivity contribution in [1.82, 2.24) is 4.90 Å². The number of fused-ring (bicyclic) bond motifs is 1. The van der Waals surface area contributed by atoms with Crippen molar-refractivity contribution < 1.29 is 19.4 Å². The van der Waals surface area contributed by atoms with E-state index in [1.807, 2.05) is 25.1 Å². The molecule has 1 saturated heterocycles. The average Bonchev–Trinajstić information content (AvgIpc) is 3.16. The lowest BCUT2D eigenvalue weighted by atomic mass is 9.81. The lowest BCUT2D eigenvalue weighted by Crippen LogP contribution is -2.38. The quantitative estimate of drug-likeness (QED) is 0.754. The maximum atomic E-state index is 12.6. The lowest BCUT2D eigenvalue weighted by Gasteiger charge is -2.23. The summed E-state index contributed by atoms with van der Waals surface area (Å²) in [6.07, 6.45) is 4.59. The van der Waals surface area contributed by atoms with E-state index in [0.717, 1.165) is 42.7 Å². The van der Waals surface area contributed by atoms with Gasteiger partial charge in [0.15, 0.2) is 0 Å². The number of carbonyl (C=O) groups is 2. The number of nitrogens with zero attached hydrogens (tertiary/aromatic N) is 1. The molecular formula is C20H28N2O4. The molecular weight excluding hydrogens is 332 g/mol. The summed E-state index contributed by atoms with van der Waals surface area (Å²) in [4.78, 5) is 26.1. The first-order valence-corrected chi connectivity index (χ1v) is 9.49. The fraction of sp³-hybridized carbons (Fsp3) is 0.600. The Bertz CT molecular complexity index is 690. The topological polar surface area (TPSA) is 78.9 Å². The van der Waals surface area contributed by atoms with Gasteiger partial charge in [0.2, 0.25) is 0 Å². The highest BCUT2D eigenvalue weighted by Crippen LogP contribution is 2.49. The van der Waals surface area contributed by atoms with Gasteiger partial charge >= 0.3 is 12.0 Å². The summed E-state index contributed by atoms with van der Waals surface area (Å²) in [7, 11) is 0. The number of carbonyl (C=O) groups excluding carboxylic acids is 1. The number of hydrogen-bond donors (Lipinski definition) is 2. The lowest BCUT2D eigenvalue weighted by molar-refractivity contribution is -0.149. The van der Waals surface area contributed by atoms with Gasteiger partial charge in [0, 0.05) is 18.8 Å². The first kappa shape index (κ1) is 18.5. The standard InChI is InChI=1S/C20H28N2O4/c1-3-4-10-26-16-7-8-17(14(2)11-16)21-19(25)22-12-15-6-5-9-20(15,13-22)18(23)24/h7-8,11,15H,3-6,9-10,12-13H2,1-2H3,(H,21,25)(H,23,24)/t15-,20+/m0/s1. The highest BCUT2D eigenvalue weighted by molar-refractivity contribution is 5.91. The molecule has 0 aromatic heterocycles. The van der Waals surface area contributed by atoms with Crippen molar-refractivity contribution >= 4 is 17.7 Å². The largest absolute Gasteiger partial charge is 0.494 e. The van der Waals surface area contributed by atoms with Crippen molar-refractivity contribution in [3.63, 3.8) is 0 Å². The molecule has 2 atom stereocenters. The molecule has 2 aliphatic rings.